The number of carbonyl (C=O) groups excluding carboxylic acids is 2. The number of hydrogen-bond acceptors (Lipinski definition) is 7. The first-order valence-electron chi connectivity index (χ1n) is 16.0. The zero-order valence-corrected chi connectivity index (χ0v) is 24.3. The SMILES string of the molecule is O=C[B]N[C@H](C(=O)O)C12CC3CC(CC(O)(C3)C1)C2.[C-]#[N+][C@@H]1C[C@@H]2CC2N1C(=O)[C@@H](N)C12CC3CC(CC(O)(C3)C1)C2. The summed E-state index contributed by atoms with van der Waals surface area (Å²) in [5.74, 6) is 1.53. The summed E-state index contributed by atoms with van der Waals surface area (Å²) in [6.45, 7) is 7.38. The Morgan fingerprint density at radius 1 is 0.905 bits per heavy atom. The molecule has 1 aliphatic heterocycles. The van der Waals surface area contributed by atoms with E-state index in [1.807, 2.05) is 4.90 Å². The fraction of sp³-hybridized carbons (Fsp3) is 0.871. The number of likely N-dealkylation sites (tertiary alicyclic amines) is 1. The Labute approximate surface area is 248 Å². The van der Waals surface area contributed by atoms with Crippen molar-refractivity contribution in [2.24, 2.45) is 46.2 Å². The van der Waals surface area contributed by atoms with Gasteiger partial charge in [-0.3, -0.25) is 19.3 Å². The smallest absolute Gasteiger partial charge is 0.320 e. The van der Waals surface area contributed by atoms with Gasteiger partial charge in [-0.05, 0) is 124 Å². The average Bonchev–Trinajstić information content (AvgIpc) is 3.54. The van der Waals surface area contributed by atoms with Crippen LogP contribution in [0.4, 0.5) is 0 Å². The molecule has 9 aliphatic carbocycles. The minimum absolute atomic E-state index is 0.0125. The number of nitrogens with two attached hydrogens (primary N) is 1. The van der Waals surface area contributed by atoms with Gasteiger partial charge in [0.1, 0.15) is 6.04 Å². The predicted molar refractivity (Wildman–Crippen MR) is 153 cm³/mol. The Hall–Kier alpha value is -2.00. The first-order chi connectivity index (χ1) is 19.9. The van der Waals surface area contributed by atoms with Gasteiger partial charge in [0.25, 0.3) is 7.41 Å². The highest BCUT2D eigenvalue weighted by Crippen LogP contribution is 2.64. The molecule has 1 heterocycles. The molecular weight excluding hydrogens is 535 g/mol. The minimum Gasteiger partial charge on any atom is -0.480 e. The maximum absolute atomic E-state index is 13.1. The lowest BCUT2D eigenvalue weighted by Crippen LogP contribution is -2.64. The number of aliphatic carboxylic acids is 1. The van der Waals surface area contributed by atoms with Crippen molar-refractivity contribution in [3.05, 3.63) is 11.4 Å². The Morgan fingerprint density at radius 2 is 1.43 bits per heavy atom. The fourth-order valence-corrected chi connectivity index (χ4v) is 12.2. The number of hydrogen-bond donors (Lipinski definition) is 5. The first kappa shape index (κ1) is 28.8. The predicted octanol–water partition coefficient (Wildman–Crippen LogP) is 1.68. The summed E-state index contributed by atoms with van der Waals surface area (Å²) in [7, 11) is 1.17. The van der Waals surface area contributed by atoms with E-state index in [9.17, 15) is 29.7 Å². The second-order valence-corrected chi connectivity index (χ2v) is 16.0. The number of carboxylic acids is 1. The van der Waals surface area contributed by atoms with Crippen molar-refractivity contribution in [3.63, 3.8) is 0 Å². The normalized spacial score (nSPS) is 49.8. The maximum Gasteiger partial charge on any atom is 0.320 e. The van der Waals surface area contributed by atoms with Crippen LogP contribution in [0.3, 0.4) is 0 Å². The van der Waals surface area contributed by atoms with Crippen LogP contribution in [-0.4, -0.2) is 81.2 Å². The lowest BCUT2D eigenvalue weighted by molar-refractivity contribution is -0.181. The molecule has 10 aliphatic rings. The lowest BCUT2D eigenvalue weighted by atomic mass is 9.46. The van der Waals surface area contributed by atoms with Gasteiger partial charge < -0.3 is 31.1 Å². The van der Waals surface area contributed by atoms with Gasteiger partial charge in [-0.25, -0.2) is 6.57 Å². The van der Waals surface area contributed by atoms with Gasteiger partial charge in [0.2, 0.25) is 5.91 Å². The van der Waals surface area contributed by atoms with Gasteiger partial charge in [-0.1, -0.05) is 0 Å². The molecule has 1 saturated heterocycles. The number of carboxylic acid groups (broad SMARTS) is 1. The molecule has 0 aromatic carbocycles. The van der Waals surface area contributed by atoms with E-state index in [2.05, 4.69) is 10.1 Å². The van der Waals surface area contributed by atoms with E-state index in [1.165, 1.54) is 13.8 Å². The Morgan fingerprint density at radius 3 is 1.90 bits per heavy atom. The van der Waals surface area contributed by atoms with Crippen LogP contribution >= 0.6 is 0 Å². The molecule has 1 amide bonds. The van der Waals surface area contributed by atoms with Crippen molar-refractivity contribution >= 4 is 25.5 Å². The molecule has 42 heavy (non-hydrogen) atoms. The molecule has 8 bridgehead atoms. The van der Waals surface area contributed by atoms with Crippen molar-refractivity contribution in [1.29, 1.82) is 0 Å². The van der Waals surface area contributed by atoms with Gasteiger partial charge in [-0.2, -0.15) is 0 Å². The molecule has 227 valence electrons. The molecule has 11 heteroatoms. The van der Waals surface area contributed by atoms with Crippen LogP contribution in [-0.2, 0) is 14.4 Å². The first-order valence-corrected chi connectivity index (χ1v) is 16.0. The van der Waals surface area contributed by atoms with Crippen LogP contribution < -0.4 is 11.0 Å². The Balaban J connectivity index is 0.000000140. The van der Waals surface area contributed by atoms with E-state index >= 15 is 0 Å². The van der Waals surface area contributed by atoms with Gasteiger partial charge in [0.05, 0.1) is 23.4 Å². The average molecular weight is 580 g/mol. The molecule has 10 rings (SSSR count). The van der Waals surface area contributed by atoms with Gasteiger partial charge in [-0.15, -0.1) is 0 Å². The Kier molecular flexibility index (Phi) is 6.68. The summed E-state index contributed by atoms with van der Waals surface area (Å²) in [6, 6.07) is -1.04. The third kappa shape index (κ3) is 4.63. The minimum atomic E-state index is -0.927. The van der Waals surface area contributed by atoms with Crippen molar-refractivity contribution < 1.29 is 29.7 Å². The van der Waals surface area contributed by atoms with Crippen LogP contribution in [0.25, 0.3) is 4.85 Å². The Bertz CT molecular complexity index is 1180. The largest absolute Gasteiger partial charge is 0.480 e. The summed E-state index contributed by atoms with van der Waals surface area (Å²) in [4.78, 5) is 40.6. The van der Waals surface area contributed by atoms with E-state index in [-0.39, 0.29) is 23.5 Å². The van der Waals surface area contributed by atoms with Crippen molar-refractivity contribution in [2.75, 3.05) is 0 Å². The van der Waals surface area contributed by atoms with Crippen LogP contribution in [0.15, 0.2) is 0 Å². The molecular formula is C31H44BN4O6. The standard InChI is InChI=1S/C18H25N3O2.C13H19BNO4/c1-20-14-4-12-3-13(12)21(14)16(22)15(19)17-5-10-2-11(6-17)8-18(23,7-10)9-17;16-7-14-15-10(11(17)18)12-2-8-1-9(3-12)5-13(19,4-8)6-12/h10-15,23H,2-9,19H2;7-10,15,19H,1-6H2,(H,17,18)/t10?,11?,12-,13?,14-,15+,17?,18?;8?,9?,10-,12?,13?/m01/s1. The highest BCUT2D eigenvalue weighted by molar-refractivity contribution is 6.64. The number of rotatable bonds is 7. The third-order valence-electron chi connectivity index (χ3n) is 12.7. The van der Waals surface area contributed by atoms with Gasteiger partial charge in [0.15, 0.2) is 0 Å². The van der Waals surface area contributed by atoms with Crippen LogP contribution in [0.1, 0.15) is 89.9 Å². The number of nitrogens with one attached hydrogen (secondary N) is 1. The zero-order chi connectivity index (χ0) is 29.7. The molecule has 0 aromatic heterocycles. The number of fused-ring (bicyclic) bond motifs is 1. The number of nitrogens with zero attached hydrogens (tertiary/aromatic N) is 2. The monoisotopic (exact) mass is 579 g/mol. The van der Waals surface area contributed by atoms with E-state index in [0.29, 0.717) is 48.6 Å². The number of piperidine rings is 1. The molecule has 10 fully saturated rings. The van der Waals surface area contributed by atoms with E-state index < -0.39 is 34.7 Å². The molecule has 6 N–H and O–H groups in total. The lowest BCUT2D eigenvalue weighted by Gasteiger charge is -2.61. The molecule has 1 radical (unpaired) electrons. The van der Waals surface area contributed by atoms with Gasteiger partial charge in [0, 0.05) is 12.5 Å². The van der Waals surface area contributed by atoms with Crippen LogP contribution in [0.2, 0.25) is 0 Å². The molecule has 10 nitrogen and oxygen atoms in total. The highest BCUT2D eigenvalue weighted by atomic mass is 16.4. The summed E-state index contributed by atoms with van der Waals surface area (Å²) in [6.07, 6.45) is 12.8. The quantitative estimate of drug-likeness (QED) is 0.173. The second kappa shape index (κ2) is 9.75. The zero-order valence-electron chi connectivity index (χ0n) is 24.3. The van der Waals surface area contributed by atoms with Crippen molar-refractivity contribution in [1.82, 2.24) is 10.1 Å². The molecule has 9 atom stereocenters. The van der Waals surface area contributed by atoms with Crippen molar-refractivity contribution in [3.8, 4) is 0 Å². The second-order valence-electron chi connectivity index (χ2n) is 16.0. The topological polar surface area (TPSA) is 158 Å². The van der Waals surface area contributed by atoms with E-state index in [1.54, 1.807) is 0 Å². The number of amides is 1. The molecule has 5 unspecified atom stereocenters. The summed E-state index contributed by atoms with van der Waals surface area (Å²) >= 11 is 0. The van der Waals surface area contributed by atoms with E-state index in [0.717, 1.165) is 70.6 Å². The molecule has 9 saturated carbocycles. The van der Waals surface area contributed by atoms with Crippen LogP contribution in [0, 0.1) is 47.0 Å². The van der Waals surface area contributed by atoms with Crippen LogP contribution in [0.5, 0.6) is 0 Å². The fourth-order valence-electron chi connectivity index (χ4n) is 12.2. The number of carbonyl (C=O) groups is 3. The van der Waals surface area contributed by atoms with Crippen molar-refractivity contribution in [2.45, 2.75) is 125 Å². The van der Waals surface area contributed by atoms with Gasteiger partial charge >= 0.3 is 12.1 Å². The summed E-state index contributed by atoms with van der Waals surface area (Å²) in [5.41, 5.74) is 4.65. The maximum atomic E-state index is 13.1. The summed E-state index contributed by atoms with van der Waals surface area (Å²) < 4.78 is 0. The highest BCUT2D eigenvalue weighted by Gasteiger charge is 2.64. The summed E-state index contributed by atoms with van der Waals surface area (Å²) in [5, 5.41) is 33.7. The molecule has 0 spiro atoms. The molecule has 0 aromatic rings. The number of aliphatic hydroxyl groups is 2. The third-order valence-corrected chi connectivity index (χ3v) is 12.7. The van der Waals surface area contributed by atoms with E-state index in [4.69, 9.17) is 12.3 Å².